The van der Waals surface area contributed by atoms with Gasteiger partial charge in [-0.3, -0.25) is 0 Å². The van der Waals surface area contributed by atoms with E-state index in [-0.39, 0.29) is 12.1 Å². The summed E-state index contributed by atoms with van der Waals surface area (Å²) < 4.78 is 5.45. The molecule has 5 nitrogen and oxygen atoms in total. The summed E-state index contributed by atoms with van der Waals surface area (Å²) in [5, 5.41) is 6.97. The molecule has 2 unspecified atom stereocenters. The predicted molar refractivity (Wildman–Crippen MR) is 93.7 cm³/mol. The summed E-state index contributed by atoms with van der Waals surface area (Å²) in [5.41, 5.74) is -0.439. The van der Waals surface area contributed by atoms with Crippen LogP contribution in [0.3, 0.4) is 0 Å². The summed E-state index contributed by atoms with van der Waals surface area (Å²) in [6.07, 6.45) is 8.01. The lowest BCUT2D eigenvalue weighted by atomic mass is 9.98. The van der Waals surface area contributed by atoms with Crippen molar-refractivity contribution in [1.29, 1.82) is 0 Å². The van der Waals surface area contributed by atoms with Crippen LogP contribution >= 0.6 is 0 Å². The number of amides is 1. The smallest absolute Gasteiger partial charge is 0.407 e. The fourth-order valence-electron chi connectivity index (χ4n) is 3.62. The van der Waals surface area contributed by atoms with Crippen molar-refractivity contribution < 1.29 is 9.53 Å². The quantitative estimate of drug-likeness (QED) is 0.784. The lowest BCUT2D eigenvalue weighted by Gasteiger charge is -2.35. The molecule has 2 aliphatic rings. The van der Waals surface area contributed by atoms with Gasteiger partial charge in [0.2, 0.25) is 0 Å². The fraction of sp³-hybridized carbons (Fsp3) is 0.944. The number of piperidine rings is 1. The van der Waals surface area contributed by atoms with Crippen molar-refractivity contribution in [1.82, 2.24) is 15.5 Å². The van der Waals surface area contributed by atoms with Gasteiger partial charge in [-0.25, -0.2) is 4.79 Å². The topological polar surface area (TPSA) is 53.6 Å². The van der Waals surface area contributed by atoms with Crippen molar-refractivity contribution in [2.75, 3.05) is 20.1 Å². The van der Waals surface area contributed by atoms with Gasteiger partial charge in [-0.05, 0) is 66.6 Å². The van der Waals surface area contributed by atoms with E-state index in [2.05, 4.69) is 22.6 Å². The van der Waals surface area contributed by atoms with E-state index in [0.717, 1.165) is 25.9 Å². The summed E-state index contributed by atoms with van der Waals surface area (Å²) in [4.78, 5) is 14.5. The molecular formula is C18H35N3O2. The van der Waals surface area contributed by atoms with Gasteiger partial charge in [0.25, 0.3) is 0 Å². The van der Waals surface area contributed by atoms with Crippen molar-refractivity contribution in [3.8, 4) is 0 Å². The van der Waals surface area contributed by atoms with E-state index in [9.17, 15) is 4.79 Å². The summed E-state index contributed by atoms with van der Waals surface area (Å²) in [7, 11) is 2.19. The SMILES string of the molecule is CN1CCC(NC2CCCCCC2NC(=O)OC(C)(C)C)CC1. The van der Waals surface area contributed by atoms with E-state index in [1.165, 1.54) is 32.1 Å². The van der Waals surface area contributed by atoms with Crippen LogP contribution in [0.25, 0.3) is 0 Å². The summed E-state index contributed by atoms with van der Waals surface area (Å²) in [6.45, 7) is 8.05. The van der Waals surface area contributed by atoms with Crippen LogP contribution in [-0.4, -0.2) is 54.9 Å². The first kappa shape index (κ1) is 18.5. The van der Waals surface area contributed by atoms with Crippen molar-refractivity contribution in [3.63, 3.8) is 0 Å². The van der Waals surface area contributed by atoms with E-state index < -0.39 is 5.60 Å². The minimum atomic E-state index is -0.439. The highest BCUT2D eigenvalue weighted by Crippen LogP contribution is 2.21. The Morgan fingerprint density at radius 3 is 2.22 bits per heavy atom. The molecule has 1 aliphatic heterocycles. The molecule has 5 heteroatoms. The van der Waals surface area contributed by atoms with Crippen LogP contribution < -0.4 is 10.6 Å². The van der Waals surface area contributed by atoms with E-state index in [1.54, 1.807) is 0 Å². The van der Waals surface area contributed by atoms with Crippen molar-refractivity contribution in [2.24, 2.45) is 0 Å². The molecule has 0 aromatic rings. The number of ether oxygens (including phenoxy) is 1. The molecule has 1 aliphatic carbocycles. The van der Waals surface area contributed by atoms with Gasteiger partial charge in [-0.1, -0.05) is 19.3 Å². The summed E-state index contributed by atoms with van der Waals surface area (Å²) >= 11 is 0. The Hall–Kier alpha value is -0.810. The molecule has 1 saturated heterocycles. The van der Waals surface area contributed by atoms with Crippen molar-refractivity contribution in [2.45, 2.75) is 89.4 Å². The molecular weight excluding hydrogens is 290 g/mol. The average Bonchev–Trinajstić information content (AvgIpc) is 2.65. The van der Waals surface area contributed by atoms with Crippen LogP contribution in [0.2, 0.25) is 0 Å². The number of carbonyl (C=O) groups is 1. The van der Waals surface area contributed by atoms with Crippen LogP contribution in [-0.2, 0) is 4.74 Å². The van der Waals surface area contributed by atoms with Gasteiger partial charge in [0.05, 0.1) is 0 Å². The van der Waals surface area contributed by atoms with E-state index in [0.29, 0.717) is 12.1 Å². The first-order valence-corrected chi connectivity index (χ1v) is 9.27. The Morgan fingerprint density at radius 2 is 1.61 bits per heavy atom. The fourth-order valence-corrected chi connectivity index (χ4v) is 3.62. The van der Waals surface area contributed by atoms with Gasteiger partial charge >= 0.3 is 6.09 Å². The molecule has 0 aromatic heterocycles. The Labute approximate surface area is 141 Å². The Bertz CT molecular complexity index is 373. The normalized spacial score (nSPS) is 28.2. The highest BCUT2D eigenvalue weighted by atomic mass is 16.6. The lowest BCUT2D eigenvalue weighted by Crippen LogP contribution is -2.54. The van der Waals surface area contributed by atoms with Crippen LogP contribution in [0.1, 0.15) is 65.7 Å². The lowest BCUT2D eigenvalue weighted by molar-refractivity contribution is 0.0486. The predicted octanol–water partition coefficient (Wildman–Crippen LogP) is 2.90. The first-order valence-electron chi connectivity index (χ1n) is 9.27. The molecule has 2 rings (SSSR count). The third-order valence-electron chi connectivity index (χ3n) is 4.89. The van der Waals surface area contributed by atoms with Gasteiger partial charge in [-0.2, -0.15) is 0 Å². The Balaban J connectivity index is 1.89. The molecule has 2 fully saturated rings. The van der Waals surface area contributed by atoms with Crippen LogP contribution in [0.15, 0.2) is 0 Å². The van der Waals surface area contributed by atoms with Crippen LogP contribution in [0.4, 0.5) is 4.79 Å². The second kappa shape index (κ2) is 8.34. The Morgan fingerprint density at radius 1 is 1.00 bits per heavy atom. The van der Waals surface area contributed by atoms with E-state index in [1.807, 2.05) is 20.8 Å². The number of nitrogens with one attached hydrogen (secondary N) is 2. The van der Waals surface area contributed by atoms with Crippen molar-refractivity contribution in [3.05, 3.63) is 0 Å². The molecule has 23 heavy (non-hydrogen) atoms. The maximum Gasteiger partial charge on any atom is 0.407 e. The molecule has 134 valence electrons. The summed E-state index contributed by atoms with van der Waals surface area (Å²) in [6, 6.07) is 1.14. The molecule has 1 amide bonds. The van der Waals surface area contributed by atoms with Crippen LogP contribution in [0, 0.1) is 0 Å². The molecule has 0 spiro atoms. The number of alkyl carbamates (subject to hydrolysis) is 1. The monoisotopic (exact) mass is 325 g/mol. The third-order valence-corrected chi connectivity index (χ3v) is 4.89. The third kappa shape index (κ3) is 6.68. The van der Waals surface area contributed by atoms with E-state index >= 15 is 0 Å². The summed E-state index contributed by atoms with van der Waals surface area (Å²) in [5.74, 6) is 0. The minimum Gasteiger partial charge on any atom is -0.444 e. The van der Waals surface area contributed by atoms with Gasteiger partial charge in [0.1, 0.15) is 5.60 Å². The average molecular weight is 325 g/mol. The highest BCUT2D eigenvalue weighted by Gasteiger charge is 2.29. The zero-order valence-corrected chi connectivity index (χ0v) is 15.4. The molecule has 2 N–H and O–H groups in total. The molecule has 0 aromatic carbocycles. The van der Waals surface area contributed by atoms with E-state index in [4.69, 9.17) is 4.74 Å². The molecule has 1 heterocycles. The maximum absolute atomic E-state index is 12.2. The first-order chi connectivity index (χ1) is 10.8. The molecule has 0 radical (unpaired) electrons. The molecule has 1 saturated carbocycles. The van der Waals surface area contributed by atoms with Gasteiger partial charge in [0, 0.05) is 18.1 Å². The Kier molecular flexibility index (Phi) is 6.72. The number of rotatable bonds is 3. The number of hydrogen-bond acceptors (Lipinski definition) is 4. The zero-order valence-electron chi connectivity index (χ0n) is 15.4. The van der Waals surface area contributed by atoms with Crippen LogP contribution in [0.5, 0.6) is 0 Å². The van der Waals surface area contributed by atoms with Gasteiger partial charge in [0.15, 0.2) is 0 Å². The number of hydrogen-bond donors (Lipinski definition) is 2. The highest BCUT2D eigenvalue weighted by molar-refractivity contribution is 5.68. The second-order valence-electron chi connectivity index (χ2n) is 8.24. The minimum absolute atomic E-state index is 0.187. The molecule has 0 bridgehead atoms. The largest absolute Gasteiger partial charge is 0.444 e. The standard InChI is InChI=1S/C18H35N3O2/c1-18(2,3)23-17(22)20-16-9-7-5-6-8-15(16)19-14-10-12-21(4)13-11-14/h14-16,19H,5-13H2,1-4H3,(H,20,22). The zero-order chi connectivity index (χ0) is 16.9. The maximum atomic E-state index is 12.2. The second-order valence-corrected chi connectivity index (χ2v) is 8.24. The molecule has 2 atom stereocenters. The van der Waals surface area contributed by atoms with Gasteiger partial charge in [-0.15, -0.1) is 0 Å². The van der Waals surface area contributed by atoms with Gasteiger partial charge < -0.3 is 20.3 Å². The number of carbonyl (C=O) groups excluding carboxylic acids is 1. The number of nitrogens with zero attached hydrogens (tertiary/aromatic N) is 1. The number of likely N-dealkylation sites (tertiary alicyclic amines) is 1. The van der Waals surface area contributed by atoms with Crippen molar-refractivity contribution >= 4 is 6.09 Å².